The number of amides is 1. The third-order valence-corrected chi connectivity index (χ3v) is 6.76. The minimum absolute atomic E-state index is 0.206. The average molecular weight is 376 g/mol. The summed E-state index contributed by atoms with van der Waals surface area (Å²) in [6.07, 6.45) is 2.45. The van der Waals surface area contributed by atoms with Gasteiger partial charge >= 0.3 is 6.09 Å². The number of hydrogen-bond donors (Lipinski definition) is 1. The number of benzene rings is 1. The van der Waals surface area contributed by atoms with Crippen LogP contribution in [0.2, 0.25) is 0 Å². The number of aromatic nitrogens is 2. The Bertz CT molecular complexity index is 950. The first kappa shape index (κ1) is 17.0. The van der Waals surface area contributed by atoms with E-state index in [-0.39, 0.29) is 4.90 Å². The molecule has 1 aliphatic heterocycles. The van der Waals surface area contributed by atoms with Crippen molar-refractivity contribution in [3.05, 3.63) is 41.2 Å². The number of nitrogens with one attached hydrogen (secondary N) is 1. The molecule has 1 aliphatic carbocycles. The second-order valence-corrected chi connectivity index (χ2v) is 8.37. The Kier molecular flexibility index (Phi) is 4.20. The summed E-state index contributed by atoms with van der Waals surface area (Å²) in [5.74, 6) is 0. The second kappa shape index (κ2) is 6.40. The minimum atomic E-state index is -3.60. The number of carbonyl (C=O) groups is 1. The van der Waals surface area contributed by atoms with Crippen LogP contribution in [-0.4, -0.2) is 42.3 Å². The molecule has 0 fully saturated rings. The molecule has 26 heavy (non-hydrogen) atoms. The van der Waals surface area contributed by atoms with Gasteiger partial charge in [0.25, 0.3) is 0 Å². The first-order valence-corrected chi connectivity index (χ1v) is 9.95. The molecule has 0 unspecified atom stereocenters. The highest BCUT2D eigenvalue weighted by atomic mass is 32.2. The number of ether oxygens (including phenoxy) is 1. The van der Waals surface area contributed by atoms with Crippen molar-refractivity contribution in [3.63, 3.8) is 0 Å². The molecule has 0 radical (unpaired) electrons. The number of anilines is 1. The average Bonchev–Trinajstić information content (AvgIpc) is 3.22. The highest BCUT2D eigenvalue weighted by Crippen LogP contribution is 2.30. The van der Waals surface area contributed by atoms with Gasteiger partial charge in [-0.1, -0.05) is 0 Å². The van der Waals surface area contributed by atoms with Gasteiger partial charge in [0.2, 0.25) is 10.0 Å². The molecule has 8 nitrogen and oxygen atoms in total. The molecule has 0 atom stereocenters. The van der Waals surface area contributed by atoms with Crippen LogP contribution in [0.25, 0.3) is 0 Å². The van der Waals surface area contributed by atoms with Gasteiger partial charge in [-0.25, -0.2) is 13.2 Å². The maximum Gasteiger partial charge on any atom is 0.411 e. The normalized spacial score (nSPS) is 16.8. The topological polar surface area (TPSA) is 93.5 Å². The summed E-state index contributed by atoms with van der Waals surface area (Å²) in [5, 5.41) is 7.12. The Labute approximate surface area is 151 Å². The van der Waals surface area contributed by atoms with Crippen LogP contribution in [-0.2, 0) is 40.7 Å². The van der Waals surface area contributed by atoms with Crippen LogP contribution in [0.5, 0.6) is 0 Å². The Morgan fingerprint density at radius 1 is 1.19 bits per heavy atom. The molecule has 138 valence electrons. The molecule has 0 spiro atoms. The van der Waals surface area contributed by atoms with Crippen molar-refractivity contribution < 1.29 is 17.9 Å². The number of hydrogen-bond acceptors (Lipinski definition) is 5. The summed E-state index contributed by atoms with van der Waals surface area (Å²) < 4.78 is 34.0. The SMILES string of the molecule is COC(=O)Nc1ccc(S(=O)(=O)N2CCn3nc4c(c3C2)CCC4)cc1. The van der Waals surface area contributed by atoms with Gasteiger partial charge in [0.05, 0.1) is 36.5 Å². The van der Waals surface area contributed by atoms with Crippen molar-refractivity contribution in [2.24, 2.45) is 0 Å². The molecule has 0 saturated carbocycles. The Morgan fingerprint density at radius 2 is 1.96 bits per heavy atom. The van der Waals surface area contributed by atoms with Crippen LogP contribution in [0.1, 0.15) is 23.4 Å². The van der Waals surface area contributed by atoms with E-state index in [0.717, 1.165) is 30.7 Å². The van der Waals surface area contributed by atoms with Crippen LogP contribution in [0, 0.1) is 0 Å². The van der Waals surface area contributed by atoms with Crippen LogP contribution in [0.15, 0.2) is 29.2 Å². The molecule has 2 aromatic rings. The van der Waals surface area contributed by atoms with Crippen molar-refractivity contribution in [3.8, 4) is 0 Å². The number of rotatable bonds is 3. The van der Waals surface area contributed by atoms with E-state index in [1.165, 1.54) is 29.1 Å². The molecule has 9 heteroatoms. The monoisotopic (exact) mass is 376 g/mol. The van der Waals surface area contributed by atoms with Gasteiger partial charge in [-0.05, 0) is 49.1 Å². The molecular weight excluding hydrogens is 356 g/mol. The molecule has 0 saturated heterocycles. The lowest BCUT2D eigenvalue weighted by Crippen LogP contribution is -2.38. The number of sulfonamides is 1. The predicted molar refractivity (Wildman–Crippen MR) is 94.3 cm³/mol. The maximum atomic E-state index is 13.0. The zero-order chi connectivity index (χ0) is 18.3. The van der Waals surface area contributed by atoms with Crippen molar-refractivity contribution in [1.82, 2.24) is 14.1 Å². The largest absolute Gasteiger partial charge is 0.453 e. The smallest absolute Gasteiger partial charge is 0.411 e. The van der Waals surface area contributed by atoms with Crippen LogP contribution >= 0.6 is 0 Å². The van der Waals surface area contributed by atoms with E-state index < -0.39 is 16.1 Å². The standard InChI is InChI=1S/C17H20N4O4S/c1-25-17(22)18-12-5-7-13(8-6-12)26(23,24)20-9-10-21-16(11-20)14-3-2-4-15(14)19-21/h5-8H,2-4,9-11H2,1H3,(H,18,22). The molecule has 1 amide bonds. The fourth-order valence-electron chi connectivity index (χ4n) is 3.56. The van der Waals surface area contributed by atoms with E-state index >= 15 is 0 Å². The molecule has 1 N–H and O–H groups in total. The Hall–Kier alpha value is -2.39. The highest BCUT2D eigenvalue weighted by Gasteiger charge is 2.32. The lowest BCUT2D eigenvalue weighted by atomic mass is 10.2. The maximum absolute atomic E-state index is 13.0. The zero-order valence-corrected chi connectivity index (χ0v) is 15.3. The van der Waals surface area contributed by atoms with E-state index in [1.807, 2.05) is 4.68 Å². The number of fused-ring (bicyclic) bond motifs is 3. The van der Waals surface area contributed by atoms with E-state index in [1.54, 1.807) is 12.1 Å². The first-order chi connectivity index (χ1) is 12.5. The molecule has 2 heterocycles. The quantitative estimate of drug-likeness (QED) is 0.881. The molecule has 2 aliphatic rings. The van der Waals surface area contributed by atoms with Crippen molar-refractivity contribution in [2.75, 3.05) is 19.0 Å². The van der Waals surface area contributed by atoms with Gasteiger partial charge < -0.3 is 4.74 Å². The summed E-state index contributed by atoms with van der Waals surface area (Å²) in [6, 6.07) is 6.10. The van der Waals surface area contributed by atoms with E-state index in [0.29, 0.717) is 25.3 Å². The molecular formula is C17H20N4O4S. The van der Waals surface area contributed by atoms with Gasteiger partial charge in [-0.15, -0.1) is 0 Å². The van der Waals surface area contributed by atoms with Gasteiger partial charge in [0.1, 0.15) is 0 Å². The molecule has 1 aromatic carbocycles. The zero-order valence-electron chi connectivity index (χ0n) is 14.4. The van der Waals surface area contributed by atoms with Crippen molar-refractivity contribution in [2.45, 2.75) is 37.2 Å². The fourth-order valence-corrected chi connectivity index (χ4v) is 4.95. The van der Waals surface area contributed by atoms with Gasteiger partial charge in [0, 0.05) is 12.2 Å². The third-order valence-electron chi connectivity index (χ3n) is 4.90. The predicted octanol–water partition coefficient (Wildman–Crippen LogP) is 1.75. The number of carbonyl (C=O) groups excluding carboxylic acids is 1. The summed E-state index contributed by atoms with van der Waals surface area (Å²) in [5.41, 5.74) is 3.85. The van der Waals surface area contributed by atoms with Gasteiger partial charge in [0.15, 0.2) is 0 Å². The summed E-state index contributed by atoms with van der Waals surface area (Å²) >= 11 is 0. The number of nitrogens with zero attached hydrogens (tertiary/aromatic N) is 3. The Morgan fingerprint density at radius 3 is 2.69 bits per heavy atom. The van der Waals surface area contributed by atoms with E-state index in [9.17, 15) is 13.2 Å². The number of methoxy groups -OCH3 is 1. The molecule has 0 bridgehead atoms. The summed E-state index contributed by atoms with van der Waals surface area (Å²) in [6.45, 7) is 1.33. The molecule has 4 rings (SSSR count). The van der Waals surface area contributed by atoms with Crippen molar-refractivity contribution in [1.29, 1.82) is 0 Å². The third kappa shape index (κ3) is 2.86. The van der Waals surface area contributed by atoms with Crippen LogP contribution < -0.4 is 5.32 Å². The lowest BCUT2D eigenvalue weighted by Gasteiger charge is -2.27. The van der Waals surface area contributed by atoms with Crippen LogP contribution in [0.4, 0.5) is 10.5 Å². The summed E-state index contributed by atoms with van der Waals surface area (Å²) in [7, 11) is -2.33. The second-order valence-electron chi connectivity index (χ2n) is 6.43. The minimum Gasteiger partial charge on any atom is -0.453 e. The lowest BCUT2D eigenvalue weighted by molar-refractivity contribution is 0.187. The van der Waals surface area contributed by atoms with E-state index in [2.05, 4.69) is 15.2 Å². The van der Waals surface area contributed by atoms with Crippen molar-refractivity contribution >= 4 is 21.8 Å². The van der Waals surface area contributed by atoms with Gasteiger partial charge in [-0.3, -0.25) is 10.00 Å². The van der Waals surface area contributed by atoms with Crippen LogP contribution in [0.3, 0.4) is 0 Å². The first-order valence-electron chi connectivity index (χ1n) is 8.51. The Balaban J connectivity index is 1.56. The van der Waals surface area contributed by atoms with Gasteiger partial charge in [-0.2, -0.15) is 9.40 Å². The summed E-state index contributed by atoms with van der Waals surface area (Å²) in [4.78, 5) is 11.4. The fraction of sp³-hybridized carbons (Fsp3) is 0.412. The molecule has 1 aromatic heterocycles. The van der Waals surface area contributed by atoms with E-state index in [4.69, 9.17) is 0 Å². The highest BCUT2D eigenvalue weighted by molar-refractivity contribution is 7.89. The number of aryl methyl sites for hydroxylation is 1.